The third-order valence-corrected chi connectivity index (χ3v) is 4.65. The highest BCUT2D eigenvalue weighted by atomic mass is 16.7. The predicted molar refractivity (Wildman–Crippen MR) is 113 cm³/mol. The van der Waals surface area contributed by atoms with Crippen molar-refractivity contribution in [2.24, 2.45) is 0 Å². The van der Waals surface area contributed by atoms with E-state index in [0.29, 0.717) is 28.6 Å². The quantitative estimate of drug-likeness (QED) is 0.649. The number of hydrogen-bond donors (Lipinski definition) is 2. The van der Waals surface area contributed by atoms with Gasteiger partial charge in [0, 0.05) is 23.6 Å². The Morgan fingerprint density at radius 2 is 1.79 bits per heavy atom. The van der Waals surface area contributed by atoms with Crippen molar-refractivity contribution >= 4 is 23.1 Å². The Bertz CT molecular complexity index is 1040. The van der Waals surface area contributed by atoms with Crippen molar-refractivity contribution < 1.29 is 14.3 Å². The molecule has 0 spiro atoms. The molecular weight excluding hydrogens is 366 g/mol. The van der Waals surface area contributed by atoms with Crippen LogP contribution in [0.1, 0.15) is 36.7 Å². The largest absolute Gasteiger partial charge is 0.454 e. The van der Waals surface area contributed by atoms with Gasteiger partial charge in [-0.15, -0.1) is 0 Å². The van der Waals surface area contributed by atoms with Crippen molar-refractivity contribution in [3.63, 3.8) is 0 Å². The molecule has 0 bridgehead atoms. The normalized spacial score (nSPS) is 12.5. The summed E-state index contributed by atoms with van der Waals surface area (Å²) in [6.45, 7) is 6.71. The van der Waals surface area contributed by atoms with Gasteiger partial charge in [0.2, 0.25) is 6.79 Å². The van der Waals surface area contributed by atoms with E-state index in [-0.39, 0.29) is 18.1 Å². The van der Waals surface area contributed by atoms with E-state index < -0.39 is 0 Å². The molecule has 2 N–H and O–H groups in total. The number of hydrogen-bond acceptors (Lipinski definition) is 5. The maximum absolute atomic E-state index is 12.5. The number of carbonyl (C=O) groups is 1. The molecule has 0 radical (unpaired) electrons. The molecule has 29 heavy (non-hydrogen) atoms. The molecule has 0 fully saturated rings. The first-order chi connectivity index (χ1) is 13.9. The Morgan fingerprint density at radius 1 is 1.00 bits per heavy atom. The molecule has 0 saturated heterocycles. The van der Waals surface area contributed by atoms with E-state index in [4.69, 9.17) is 9.47 Å². The zero-order valence-electron chi connectivity index (χ0n) is 16.7. The fourth-order valence-corrected chi connectivity index (χ4v) is 3.16. The third kappa shape index (κ3) is 4.16. The average Bonchev–Trinajstić information content (AvgIpc) is 3.16. The smallest absolute Gasteiger partial charge is 0.257 e. The first-order valence-electron chi connectivity index (χ1n) is 9.44. The lowest BCUT2D eigenvalue weighted by atomic mass is 9.86. The average molecular weight is 389 g/mol. The molecule has 0 unspecified atom stereocenters. The van der Waals surface area contributed by atoms with Crippen molar-refractivity contribution in [1.82, 2.24) is 4.98 Å². The van der Waals surface area contributed by atoms with E-state index in [1.54, 1.807) is 36.5 Å². The van der Waals surface area contributed by atoms with E-state index in [9.17, 15) is 4.79 Å². The van der Waals surface area contributed by atoms with E-state index in [2.05, 4.69) is 42.5 Å². The molecule has 2 heterocycles. The Balaban J connectivity index is 1.46. The van der Waals surface area contributed by atoms with Gasteiger partial charge < -0.3 is 20.1 Å². The van der Waals surface area contributed by atoms with Crippen LogP contribution in [0.4, 0.5) is 17.2 Å². The molecule has 1 amide bonds. The van der Waals surface area contributed by atoms with Crippen LogP contribution in [0.25, 0.3) is 0 Å². The molecule has 1 aliphatic rings. The second-order valence-electron chi connectivity index (χ2n) is 7.87. The molecular formula is C23H23N3O3. The summed E-state index contributed by atoms with van der Waals surface area (Å²) >= 11 is 0. The summed E-state index contributed by atoms with van der Waals surface area (Å²) in [7, 11) is 0. The Labute approximate surface area is 169 Å². The molecule has 4 rings (SSSR count). The van der Waals surface area contributed by atoms with Crippen LogP contribution in [0.15, 0.2) is 60.8 Å². The number of aromatic nitrogens is 1. The Hall–Kier alpha value is -3.54. The number of pyridine rings is 1. The van der Waals surface area contributed by atoms with Crippen LogP contribution in [0, 0.1) is 0 Å². The second-order valence-corrected chi connectivity index (χ2v) is 7.87. The van der Waals surface area contributed by atoms with E-state index >= 15 is 0 Å². The van der Waals surface area contributed by atoms with Crippen LogP contribution in [0.2, 0.25) is 0 Å². The van der Waals surface area contributed by atoms with E-state index in [1.807, 2.05) is 18.2 Å². The van der Waals surface area contributed by atoms with Crippen LogP contribution in [0.3, 0.4) is 0 Å². The molecule has 3 aromatic rings. The van der Waals surface area contributed by atoms with Crippen molar-refractivity contribution in [2.45, 2.75) is 26.2 Å². The lowest BCUT2D eigenvalue weighted by molar-refractivity contribution is 0.102. The second kappa shape index (κ2) is 7.47. The lowest BCUT2D eigenvalue weighted by Crippen LogP contribution is -2.14. The monoisotopic (exact) mass is 389 g/mol. The molecule has 0 atom stereocenters. The summed E-state index contributed by atoms with van der Waals surface area (Å²) in [5, 5.41) is 6.20. The van der Waals surface area contributed by atoms with Crippen molar-refractivity contribution in [2.75, 3.05) is 17.4 Å². The first kappa shape index (κ1) is 18.8. The number of anilines is 3. The molecule has 6 nitrogen and oxygen atoms in total. The molecule has 148 valence electrons. The number of fused-ring (bicyclic) bond motifs is 1. The number of rotatable bonds is 4. The zero-order valence-corrected chi connectivity index (χ0v) is 16.7. The molecule has 6 heteroatoms. The summed E-state index contributed by atoms with van der Waals surface area (Å²) in [6, 6.07) is 17.0. The number of benzene rings is 2. The van der Waals surface area contributed by atoms with Gasteiger partial charge in [-0.05, 0) is 41.3 Å². The van der Waals surface area contributed by atoms with E-state index in [0.717, 1.165) is 5.69 Å². The van der Waals surface area contributed by atoms with Crippen LogP contribution in [0.5, 0.6) is 11.5 Å². The fraction of sp³-hybridized carbons (Fsp3) is 0.217. The van der Waals surface area contributed by atoms with Crippen molar-refractivity contribution in [1.29, 1.82) is 0 Å². The third-order valence-electron chi connectivity index (χ3n) is 4.65. The number of carbonyl (C=O) groups excluding carboxylic acids is 1. The van der Waals surface area contributed by atoms with Gasteiger partial charge in [0.05, 0.1) is 5.56 Å². The fourth-order valence-electron chi connectivity index (χ4n) is 3.16. The summed E-state index contributed by atoms with van der Waals surface area (Å²) in [4.78, 5) is 16.9. The zero-order chi connectivity index (χ0) is 20.4. The lowest BCUT2D eigenvalue weighted by Gasteiger charge is -2.23. The molecule has 0 aliphatic carbocycles. The van der Waals surface area contributed by atoms with Crippen molar-refractivity contribution in [3.8, 4) is 11.5 Å². The highest BCUT2D eigenvalue weighted by Crippen LogP contribution is 2.34. The van der Waals surface area contributed by atoms with Gasteiger partial charge >= 0.3 is 0 Å². The van der Waals surface area contributed by atoms with Crippen LogP contribution in [-0.4, -0.2) is 17.7 Å². The maximum atomic E-state index is 12.5. The predicted octanol–water partition coefficient (Wildman–Crippen LogP) is 5.10. The molecule has 1 aliphatic heterocycles. The number of para-hydroxylation sites is 1. The SMILES string of the molecule is CC(C)(C)c1ccccc1Nc1ccc(C(=O)Nc2ccc3c(c2)OCO3)cn1. The summed E-state index contributed by atoms with van der Waals surface area (Å²) < 4.78 is 10.6. The molecule has 2 aromatic carbocycles. The number of nitrogens with zero attached hydrogens (tertiary/aromatic N) is 1. The van der Waals surface area contributed by atoms with Gasteiger partial charge in [0.25, 0.3) is 5.91 Å². The summed E-state index contributed by atoms with van der Waals surface area (Å²) in [5.41, 5.74) is 3.32. The van der Waals surface area contributed by atoms with Crippen LogP contribution >= 0.6 is 0 Å². The van der Waals surface area contributed by atoms with Gasteiger partial charge in [0.15, 0.2) is 11.5 Å². The van der Waals surface area contributed by atoms with Crippen molar-refractivity contribution in [3.05, 3.63) is 71.9 Å². The molecule has 0 saturated carbocycles. The van der Waals surface area contributed by atoms with Gasteiger partial charge in [0.1, 0.15) is 5.82 Å². The topological polar surface area (TPSA) is 72.5 Å². The maximum Gasteiger partial charge on any atom is 0.257 e. The number of nitrogens with one attached hydrogen (secondary N) is 2. The Morgan fingerprint density at radius 3 is 2.55 bits per heavy atom. The highest BCUT2D eigenvalue weighted by Gasteiger charge is 2.18. The highest BCUT2D eigenvalue weighted by molar-refractivity contribution is 6.04. The Kier molecular flexibility index (Phi) is 4.84. The summed E-state index contributed by atoms with van der Waals surface area (Å²) in [5.74, 6) is 1.74. The number of ether oxygens (including phenoxy) is 2. The van der Waals surface area contributed by atoms with Crippen LogP contribution < -0.4 is 20.1 Å². The van der Waals surface area contributed by atoms with Crippen LogP contribution in [-0.2, 0) is 5.41 Å². The first-order valence-corrected chi connectivity index (χ1v) is 9.44. The standard InChI is InChI=1S/C23H23N3O3/c1-23(2,3)17-6-4-5-7-18(17)26-21-11-8-15(13-24-21)22(27)25-16-9-10-19-20(12-16)29-14-28-19/h4-13H,14H2,1-3H3,(H,24,26)(H,25,27). The van der Waals surface area contributed by atoms with E-state index in [1.165, 1.54) is 5.56 Å². The summed E-state index contributed by atoms with van der Waals surface area (Å²) in [6.07, 6.45) is 1.56. The van der Waals surface area contributed by atoms with Gasteiger partial charge in [-0.25, -0.2) is 4.98 Å². The number of amides is 1. The minimum absolute atomic E-state index is 0.00797. The van der Waals surface area contributed by atoms with Gasteiger partial charge in [-0.1, -0.05) is 39.0 Å². The molecule has 1 aromatic heterocycles. The van der Waals surface area contributed by atoms with Gasteiger partial charge in [-0.2, -0.15) is 0 Å². The minimum Gasteiger partial charge on any atom is -0.454 e. The minimum atomic E-state index is -0.238. The van der Waals surface area contributed by atoms with Gasteiger partial charge in [-0.3, -0.25) is 4.79 Å².